The fourth-order valence-corrected chi connectivity index (χ4v) is 2.84. The van der Waals surface area contributed by atoms with E-state index in [1.165, 1.54) is 12.8 Å². The van der Waals surface area contributed by atoms with E-state index in [9.17, 15) is 0 Å². The van der Waals surface area contributed by atoms with E-state index in [0.29, 0.717) is 17.8 Å². The summed E-state index contributed by atoms with van der Waals surface area (Å²) in [6.07, 6.45) is 4.24. The van der Waals surface area contributed by atoms with Crippen molar-refractivity contribution >= 4 is 5.69 Å². The van der Waals surface area contributed by atoms with E-state index in [2.05, 4.69) is 21.3 Å². The van der Waals surface area contributed by atoms with Gasteiger partial charge in [0.25, 0.3) is 0 Å². The van der Waals surface area contributed by atoms with E-state index in [0.717, 1.165) is 18.8 Å². The minimum atomic E-state index is 0.510. The highest BCUT2D eigenvalue weighted by Gasteiger charge is 2.36. The average Bonchev–Trinajstić information content (AvgIpc) is 2.59. The largest absolute Gasteiger partial charge is 0.363 e. The van der Waals surface area contributed by atoms with Gasteiger partial charge in [0.15, 0.2) is 0 Å². The summed E-state index contributed by atoms with van der Waals surface area (Å²) in [5.74, 6) is 0. The second kappa shape index (κ2) is 3.76. The second-order valence-electron chi connectivity index (χ2n) is 4.46. The van der Waals surface area contributed by atoms with E-state index in [-0.39, 0.29) is 0 Å². The van der Waals surface area contributed by atoms with Crippen molar-refractivity contribution < 1.29 is 0 Å². The van der Waals surface area contributed by atoms with Crippen LogP contribution < -0.4 is 10.2 Å². The predicted molar refractivity (Wildman–Crippen MR) is 61.1 cm³/mol. The first-order valence-corrected chi connectivity index (χ1v) is 5.73. The van der Waals surface area contributed by atoms with E-state index in [4.69, 9.17) is 5.26 Å². The van der Waals surface area contributed by atoms with E-state index in [1.807, 2.05) is 12.1 Å². The summed E-state index contributed by atoms with van der Waals surface area (Å²) in [5, 5.41) is 12.3. The first-order chi connectivity index (χ1) is 7.88. The molecule has 0 saturated carbocycles. The molecule has 2 aliphatic heterocycles. The molecular weight excluding hydrogens is 200 g/mol. The van der Waals surface area contributed by atoms with Crippen LogP contribution in [0.3, 0.4) is 0 Å². The summed E-state index contributed by atoms with van der Waals surface area (Å²) in [5.41, 5.74) is 1.66. The zero-order valence-corrected chi connectivity index (χ0v) is 9.06. The number of hydrogen-bond donors (Lipinski definition) is 1. The van der Waals surface area contributed by atoms with Crippen LogP contribution in [-0.4, -0.2) is 30.2 Å². The van der Waals surface area contributed by atoms with Crippen LogP contribution in [0.4, 0.5) is 5.69 Å². The maximum Gasteiger partial charge on any atom is 0.142 e. The number of piperazine rings is 1. The van der Waals surface area contributed by atoms with Gasteiger partial charge in [0.1, 0.15) is 11.8 Å². The summed E-state index contributed by atoms with van der Waals surface area (Å²) in [6.45, 7) is 2.11. The lowest BCUT2D eigenvalue weighted by Crippen LogP contribution is -2.52. The Balaban J connectivity index is 1.94. The van der Waals surface area contributed by atoms with Crippen molar-refractivity contribution in [2.45, 2.75) is 24.9 Å². The molecule has 4 nitrogen and oxygen atoms in total. The summed E-state index contributed by atoms with van der Waals surface area (Å²) in [4.78, 5) is 6.48. The van der Waals surface area contributed by atoms with Crippen LogP contribution >= 0.6 is 0 Å². The number of hydrogen-bond acceptors (Lipinski definition) is 4. The Morgan fingerprint density at radius 3 is 2.81 bits per heavy atom. The minimum Gasteiger partial charge on any atom is -0.363 e. The van der Waals surface area contributed by atoms with Crippen molar-refractivity contribution in [3.8, 4) is 6.07 Å². The van der Waals surface area contributed by atoms with Gasteiger partial charge in [-0.1, -0.05) is 0 Å². The molecule has 0 radical (unpaired) electrons. The van der Waals surface area contributed by atoms with Gasteiger partial charge in [0, 0.05) is 37.1 Å². The Morgan fingerprint density at radius 2 is 2.12 bits per heavy atom. The van der Waals surface area contributed by atoms with Gasteiger partial charge in [-0.05, 0) is 25.0 Å². The van der Waals surface area contributed by atoms with Crippen molar-refractivity contribution in [3.05, 3.63) is 24.0 Å². The lowest BCUT2D eigenvalue weighted by molar-refractivity contribution is 0.485. The predicted octanol–water partition coefficient (Wildman–Crippen LogP) is 0.894. The number of pyridine rings is 1. The SMILES string of the molecule is N#Cc1cc(N2C3CC[C@H]2CNC3)ccn1. The molecule has 0 aliphatic carbocycles. The van der Waals surface area contributed by atoms with Crippen LogP contribution in [0.1, 0.15) is 18.5 Å². The monoisotopic (exact) mass is 214 g/mol. The van der Waals surface area contributed by atoms with E-state index >= 15 is 0 Å². The zero-order chi connectivity index (χ0) is 11.0. The van der Waals surface area contributed by atoms with Gasteiger partial charge in [0.05, 0.1) is 0 Å². The topological polar surface area (TPSA) is 52.0 Å². The van der Waals surface area contributed by atoms with Crippen LogP contribution in [0.25, 0.3) is 0 Å². The quantitative estimate of drug-likeness (QED) is 0.754. The Labute approximate surface area is 94.9 Å². The molecule has 0 aromatic carbocycles. The average molecular weight is 214 g/mol. The molecule has 1 aromatic heterocycles. The zero-order valence-electron chi connectivity index (χ0n) is 9.06. The lowest BCUT2D eigenvalue weighted by Gasteiger charge is -2.37. The highest BCUT2D eigenvalue weighted by Crippen LogP contribution is 2.32. The molecule has 4 heteroatoms. The van der Waals surface area contributed by atoms with Gasteiger partial charge in [-0.25, -0.2) is 4.98 Å². The summed E-state index contributed by atoms with van der Waals surface area (Å²) in [6, 6.07) is 7.19. The molecular formula is C12H14N4. The maximum absolute atomic E-state index is 8.86. The van der Waals surface area contributed by atoms with Crippen molar-refractivity contribution in [1.82, 2.24) is 10.3 Å². The fraction of sp³-hybridized carbons (Fsp3) is 0.500. The third-order valence-corrected chi connectivity index (χ3v) is 3.54. The molecule has 16 heavy (non-hydrogen) atoms. The first kappa shape index (κ1) is 9.61. The van der Waals surface area contributed by atoms with Crippen LogP contribution in [0, 0.1) is 11.3 Å². The molecule has 2 bridgehead atoms. The molecule has 2 fully saturated rings. The van der Waals surface area contributed by atoms with Gasteiger partial charge in [-0.3, -0.25) is 0 Å². The van der Waals surface area contributed by atoms with Crippen LogP contribution in [0.5, 0.6) is 0 Å². The maximum atomic E-state index is 8.86. The molecule has 2 saturated heterocycles. The van der Waals surface area contributed by atoms with Crippen molar-refractivity contribution in [1.29, 1.82) is 5.26 Å². The van der Waals surface area contributed by atoms with Crippen molar-refractivity contribution in [2.24, 2.45) is 0 Å². The number of nitrogens with zero attached hydrogens (tertiary/aromatic N) is 3. The highest BCUT2D eigenvalue weighted by molar-refractivity contribution is 5.52. The van der Waals surface area contributed by atoms with Crippen LogP contribution in [0.2, 0.25) is 0 Å². The molecule has 2 aliphatic rings. The van der Waals surface area contributed by atoms with Crippen LogP contribution in [-0.2, 0) is 0 Å². The van der Waals surface area contributed by atoms with E-state index in [1.54, 1.807) is 6.20 Å². The van der Waals surface area contributed by atoms with E-state index < -0.39 is 0 Å². The minimum absolute atomic E-state index is 0.510. The number of aromatic nitrogens is 1. The molecule has 82 valence electrons. The Hall–Kier alpha value is -1.60. The smallest absolute Gasteiger partial charge is 0.142 e. The Kier molecular flexibility index (Phi) is 2.26. The third-order valence-electron chi connectivity index (χ3n) is 3.54. The standard InChI is InChI=1S/C12H14N4/c13-6-9-5-10(3-4-15-9)16-11-1-2-12(16)8-14-7-11/h3-5,11-12,14H,1-2,7-8H2/t11-,12?/m0/s1. The lowest BCUT2D eigenvalue weighted by atomic mass is 10.2. The Bertz CT molecular complexity index is 421. The molecule has 1 unspecified atom stereocenters. The first-order valence-electron chi connectivity index (χ1n) is 5.73. The molecule has 3 rings (SSSR count). The van der Waals surface area contributed by atoms with Gasteiger partial charge >= 0.3 is 0 Å². The summed E-state index contributed by atoms with van der Waals surface area (Å²) >= 11 is 0. The number of fused-ring (bicyclic) bond motifs is 2. The molecule has 0 spiro atoms. The number of nitrogens with one attached hydrogen (secondary N) is 1. The normalized spacial score (nSPS) is 27.8. The number of nitriles is 1. The van der Waals surface area contributed by atoms with Gasteiger partial charge in [0.2, 0.25) is 0 Å². The Morgan fingerprint density at radius 1 is 1.38 bits per heavy atom. The molecule has 3 heterocycles. The van der Waals surface area contributed by atoms with Gasteiger partial charge in [-0.2, -0.15) is 5.26 Å². The second-order valence-corrected chi connectivity index (χ2v) is 4.46. The molecule has 0 amide bonds. The van der Waals surface area contributed by atoms with Gasteiger partial charge < -0.3 is 10.2 Å². The summed E-state index contributed by atoms with van der Waals surface area (Å²) < 4.78 is 0. The van der Waals surface area contributed by atoms with Crippen molar-refractivity contribution in [2.75, 3.05) is 18.0 Å². The van der Waals surface area contributed by atoms with Crippen molar-refractivity contribution in [3.63, 3.8) is 0 Å². The summed E-state index contributed by atoms with van der Waals surface area (Å²) in [7, 11) is 0. The fourth-order valence-electron chi connectivity index (χ4n) is 2.84. The molecule has 1 aromatic rings. The highest BCUT2D eigenvalue weighted by atomic mass is 15.3. The number of anilines is 1. The number of rotatable bonds is 1. The molecule has 1 N–H and O–H groups in total. The third kappa shape index (κ3) is 1.44. The molecule has 2 atom stereocenters. The van der Waals surface area contributed by atoms with Gasteiger partial charge in [-0.15, -0.1) is 0 Å². The van der Waals surface area contributed by atoms with Crippen LogP contribution in [0.15, 0.2) is 18.3 Å².